The second kappa shape index (κ2) is 11.0. The van der Waals surface area contributed by atoms with Crippen LogP contribution >= 0.6 is 0 Å². The van der Waals surface area contributed by atoms with E-state index < -0.39 is 22.5 Å². The Morgan fingerprint density at radius 3 is 2.06 bits per heavy atom. The molecule has 3 N–H and O–H groups in total. The fourth-order valence-electron chi connectivity index (χ4n) is 3.02. The molecule has 0 amide bonds. The molecule has 2 unspecified atom stereocenters. The predicted octanol–water partition coefficient (Wildman–Crippen LogP) is 2.58. The van der Waals surface area contributed by atoms with Crippen LogP contribution in [0.4, 0.5) is 5.69 Å². The molecule has 0 aliphatic heterocycles. The molecule has 3 aromatic carbocycles. The van der Waals surface area contributed by atoms with Gasteiger partial charge >= 0.3 is 0 Å². The minimum atomic E-state index is -4.42. The van der Waals surface area contributed by atoms with Crippen LogP contribution in [0.15, 0.2) is 89.8 Å². The molecule has 8 nitrogen and oxygen atoms in total. The van der Waals surface area contributed by atoms with E-state index in [1.54, 1.807) is 47.4 Å². The maximum Gasteiger partial charge on any atom is 0.294 e. The van der Waals surface area contributed by atoms with Gasteiger partial charge in [-0.15, -0.1) is 0 Å². The van der Waals surface area contributed by atoms with Crippen molar-refractivity contribution in [2.75, 3.05) is 24.6 Å². The van der Waals surface area contributed by atoms with E-state index in [9.17, 15) is 23.2 Å². The van der Waals surface area contributed by atoms with Crippen LogP contribution < -0.4 is 14.4 Å². The number of aliphatic hydroxyl groups excluding tert-OH is 2. The van der Waals surface area contributed by atoms with Crippen LogP contribution in [0.1, 0.15) is 0 Å². The quantitative estimate of drug-likeness (QED) is 0.296. The number of hydrogen-bond acceptors (Lipinski definition) is 7. The zero-order valence-corrected chi connectivity index (χ0v) is 18.0. The highest BCUT2D eigenvalue weighted by atomic mass is 32.2. The van der Waals surface area contributed by atoms with E-state index in [1.807, 2.05) is 24.3 Å². The molecule has 0 heterocycles. The molecule has 0 bridgehead atoms. The monoisotopic (exact) mass is 459 g/mol. The molecule has 0 saturated heterocycles. The standard InChI is InChI=1S/C23H25NO7S/c25-19(17-30-20-9-3-1-4-10-20)15-24(16-23(26)31-21-11-5-2-6-12-21)18-8-7-13-22(14-18)32(27,28)29/h1-14,19,23,25-26H,15-17H2,(H,27,28,29). The molecular weight excluding hydrogens is 434 g/mol. The van der Waals surface area contributed by atoms with Crippen LogP contribution in [0.5, 0.6) is 11.5 Å². The van der Waals surface area contributed by atoms with Crippen molar-refractivity contribution >= 4 is 15.8 Å². The van der Waals surface area contributed by atoms with Crippen molar-refractivity contribution in [2.45, 2.75) is 17.3 Å². The van der Waals surface area contributed by atoms with Gasteiger partial charge in [0.05, 0.1) is 11.4 Å². The van der Waals surface area contributed by atoms with Gasteiger partial charge in [-0.05, 0) is 42.5 Å². The van der Waals surface area contributed by atoms with Crippen LogP contribution in [0, 0.1) is 0 Å². The number of aliphatic hydroxyl groups is 2. The van der Waals surface area contributed by atoms with E-state index in [-0.39, 0.29) is 24.6 Å². The molecule has 32 heavy (non-hydrogen) atoms. The van der Waals surface area contributed by atoms with Crippen molar-refractivity contribution in [2.24, 2.45) is 0 Å². The molecule has 0 radical (unpaired) electrons. The van der Waals surface area contributed by atoms with Crippen LogP contribution in [0.25, 0.3) is 0 Å². The Bertz CT molecular complexity index is 1080. The lowest BCUT2D eigenvalue weighted by atomic mass is 10.2. The Balaban J connectivity index is 1.74. The molecule has 0 spiro atoms. The van der Waals surface area contributed by atoms with Crippen molar-refractivity contribution in [3.63, 3.8) is 0 Å². The first-order chi connectivity index (χ1) is 15.3. The Morgan fingerprint density at radius 2 is 1.44 bits per heavy atom. The highest BCUT2D eigenvalue weighted by Gasteiger charge is 2.20. The summed E-state index contributed by atoms with van der Waals surface area (Å²) in [5.74, 6) is 1.05. The average Bonchev–Trinajstić information content (AvgIpc) is 2.78. The molecule has 170 valence electrons. The number of hydrogen-bond donors (Lipinski definition) is 3. The second-order valence-corrected chi connectivity index (χ2v) is 8.46. The third-order valence-corrected chi connectivity index (χ3v) is 5.34. The Morgan fingerprint density at radius 1 is 0.812 bits per heavy atom. The summed E-state index contributed by atoms with van der Waals surface area (Å²) in [6.45, 7) is -0.0860. The van der Waals surface area contributed by atoms with Crippen molar-refractivity contribution in [3.05, 3.63) is 84.9 Å². The molecular formula is C23H25NO7S. The van der Waals surface area contributed by atoms with Gasteiger partial charge in [-0.3, -0.25) is 4.55 Å². The van der Waals surface area contributed by atoms with E-state index in [4.69, 9.17) is 9.47 Å². The van der Waals surface area contributed by atoms with Gasteiger partial charge in [0.15, 0.2) is 0 Å². The SMILES string of the molecule is O=S(=O)(O)c1cccc(N(CC(O)COc2ccccc2)CC(O)Oc2ccccc2)c1. The number of anilines is 1. The van der Waals surface area contributed by atoms with E-state index in [0.717, 1.165) is 0 Å². The molecule has 3 rings (SSSR count). The zero-order chi connectivity index (χ0) is 23.0. The van der Waals surface area contributed by atoms with E-state index >= 15 is 0 Å². The predicted molar refractivity (Wildman–Crippen MR) is 119 cm³/mol. The van der Waals surface area contributed by atoms with E-state index in [2.05, 4.69) is 0 Å². The normalized spacial score (nSPS) is 13.2. The molecule has 0 saturated carbocycles. The Kier molecular flexibility index (Phi) is 8.07. The van der Waals surface area contributed by atoms with Gasteiger partial charge < -0.3 is 24.6 Å². The summed E-state index contributed by atoms with van der Waals surface area (Å²) >= 11 is 0. The lowest BCUT2D eigenvalue weighted by Crippen LogP contribution is -2.41. The minimum absolute atomic E-state index is 0.0109. The van der Waals surface area contributed by atoms with Gasteiger partial charge in [-0.1, -0.05) is 42.5 Å². The van der Waals surface area contributed by atoms with Crippen molar-refractivity contribution < 1.29 is 32.7 Å². The van der Waals surface area contributed by atoms with Crippen molar-refractivity contribution in [1.82, 2.24) is 0 Å². The van der Waals surface area contributed by atoms with E-state index in [1.165, 1.54) is 18.2 Å². The third kappa shape index (κ3) is 7.24. The lowest BCUT2D eigenvalue weighted by molar-refractivity contribution is -0.0116. The van der Waals surface area contributed by atoms with E-state index in [0.29, 0.717) is 17.2 Å². The number of para-hydroxylation sites is 2. The van der Waals surface area contributed by atoms with Gasteiger partial charge in [0.2, 0.25) is 6.29 Å². The fraction of sp³-hybridized carbons (Fsp3) is 0.217. The number of benzene rings is 3. The molecule has 0 aromatic heterocycles. The summed E-state index contributed by atoms with van der Waals surface area (Å²) < 4.78 is 43.6. The number of nitrogens with zero attached hydrogens (tertiary/aromatic N) is 1. The first kappa shape index (κ1) is 23.6. The molecule has 0 fully saturated rings. The number of rotatable bonds is 11. The van der Waals surface area contributed by atoms with Crippen LogP contribution in [-0.4, -0.2) is 55.3 Å². The van der Waals surface area contributed by atoms with Crippen molar-refractivity contribution in [1.29, 1.82) is 0 Å². The fourth-order valence-corrected chi connectivity index (χ4v) is 3.54. The molecule has 2 atom stereocenters. The van der Waals surface area contributed by atoms with Crippen LogP contribution in [0.3, 0.4) is 0 Å². The second-order valence-electron chi connectivity index (χ2n) is 7.04. The molecule has 3 aromatic rings. The minimum Gasteiger partial charge on any atom is -0.491 e. The summed E-state index contributed by atoms with van der Waals surface area (Å²) in [6, 6.07) is 23.3. The van der Waals surface area contributed by atoms with Gasteiger partial charge in [-0.25, -0.2) is 0 Å². The molecule has 9 heteroatoms. The summed E-state index contributed by atoms with van der Waals surface area (Å²) in [5.41, 5.74) is 0.370. The Hall–Kier alpha value is -3.11. The summed E-state index contributed by atoms with van der Waals surface area (Å²) in [5, 5.41) is 21.0. The Labute approximate surface area is 187 Å². The van der Waals surface area contributed by atoms with Gasteiger partial charge in [0.25, 0.3) is 10.1 Å². The highest BCUT2D eigenvalue weighted by molar-refractivity contribution is 7.85. The summed E-state index contributed by atoms with van der Waals surface area (Å²) in [4.78, 5) is 1.26. The third-order valence-electron chi connectivity index (χ3n) is 4.49. The smallest absolute Gasteiger partial charge is 0.294 e. The van der Waals surface area contributed by atoms with Crippen LogP contribution in [0.2, 0.25) is 0 Å². The average molecular weight is 460 g/mol. The topological polar surface area (TPSA) is 117 Å². The summed E-state index contributed by atoms with van der Waals surface area (Å²) in [7, 11) is -4.42. The highest BCUT2D eigenvalue weighted by Crippen LogP contribution is 2.21. The first-order valence-electron chi connectivity index (χ1n) is 9.89. The number of ether oxygens (including phenoxy) is 2. The van der Waals surface area contributed by atoms with Crippen LogP contribution in [-0.2, 0) is 10.1 Å². The largest absolute Gasteiger partial charge is 0.491 e. The van der Waals surface area contributed by atoms with Crippen molar-refractivity contribution in [3.8, 4) is 11.5 Å². The maximum absolute atomic E-state index is 11.5. The van der Waals surface area contributed by atoms with Gasteiger partial charge in [0.1, 0.15) is 24.2 Å². The summed E-state index contributed by atoms with van der Waals surface area (Å²) in [6.07, 6.45) is -2.23. The van der Waals surface area contributed by atoms with Gasteiger partial charge in [0, 0.05) is 12.2 Å². The lowest BCUT2D eigenvalue weighted by Gasteiger charge is -2.29. The maximum atomic E-state index is 11.5. The molecule has 0 aliphatic carbocycles. The molecule has 0 aliphatic rings. The first-order valence-corrected chi connectivity index (χ1v) is 11.3. The van der Waals surface area contributed by atoms with Gasteiger partial charge in [-0.2, -0.15) is 8.42 Å². The zero-order valence-electron chi connectivity index (χ0n) is 17.2.